The maximum atomic E-state index is 12.6. The average molecular weight is 267 g/mol. The van der Waals surface area contributed by atoms with Crippen LogP contribution in [0.3, 0.4) is 0 Å². The largest absolute Gasteiger partial charge is 0.393 e. The molecule has 0 radical (unpaired) electrons. The Morgan fingerprint density at radius 2 is 1.95 bits per heavy atom. The van der Waals surface area contributed by atoms with Gasteiger partial charge in [0.1, 0.15) is 0 Å². The summed E-state index contributed by atoms with van der Waals surface area (Å²) in [6.45, 7) is 2.19. The molecule has 4 atom stereocenters. The summed E-state index contributed by atoms with van der Waals surface area (Å²) in [5.41, 5.74) is 0. The SMILES string of the molecule is O=C(C1CCOC1)N1CCCC1C1CCCCC1O. The second-order valence-electron chi connectivity index (χ2n) is 6.32. The normalized spacial score (nSPS) is 39.7. The van der Waals surface area contributed by atoms with Crippen LogP contribution in [0.25, 0.3) is 0 Å². The Morgan fingerprint density at radius 1 is 1.11 bits per heavy atom. The van der Waals surface area contributed by atoms with Crippen LogP contribution < -0.4 is 0 Å². The number of hydrogen-bond acceptors (Lipinski definition) is 3. The first-order valence-corrected chi connectivity index (χ1v) is 7.83. The minimum absolute atomic E-state index is 0.0707. The maximum Gasteiger partial charge on any atom is 0.228 e. The van der Waals surface area contributed by atoms with E-state index >= 15 is 0 Å². The lowest BCUT2D eigenvalue weighted by molar-refractivity contribution is -0.138. The molecular weight excluding hydrogens is 242 g/mol. The fourth-order valence-corrected chi connectivity index (χ4v) is 4.06. The van der Waals surface area contributed by atoms with Crippen molar-refractivity contribution in [3.8, 4) is 0 Å². The van der Waals surface area contributed by atoms with Gasteiger partial charge in [-0.2, -0.15) is 0 Å². The minimum atomic E-state index is -0.202. The van der Waals surface area contributed by atoms with Crippen molar-refractivity contribution in [3.63, 3.8) is 0 Å². The van der Waals surface area contributed by atoms with Gasteiger partial charge in [0.25, 0.3) is 0 Å². The Balaban J connectivity index is 1.68. The first kappa shape index (κ1) is 13.4. The molecule has 4 nitrogen and oxygen atoms in total. The van der Waals surface area contributed by atoms with E-state index in [9.17, 15) is 9.90 Å². The predicted octanol–water partition coefficient (Wildman–Crippen LogP) is 1.56. The van der Waals surface area contributed by atoms with E-state index in [2.05, 4.69) is 4.90 Å². The third-order valence-corrected chi connectivity index (χ3v) is 5.14. The van der Waals surface area contributed by atoms with Crippen LogP contribution in [-0.2, 0) is 9.53 Å². The highest BCUT2D eigenvalue weighted by Crippen LogP contribution is 2.35. The monoisotopic (exact) mass is 267 g/mol. The number of aliphatic hydroxyl groups is 1. The summed E-state index contributed by atoms with van der Waals surface area (Å²) >= 11 is 0. The van der Waals surface area contributed by atoms with E-state index in [-0.39, 0.29) is 24.0 Å². The molecule has 3 rings (SSSR count). The number of nitrogens with zero attached hydrogens (tertiary/aromatic N) is 1. The molecule has 1 N–H and O–H groups in total. The van der Waals surface area contributed by atoms with E-state index in [0.29, 0.717) is 12.5 Å². The van der Waals surface area contributed by atoms with Crippen LogP contribution >= 0.6 is 0 Å². The van der Waals surface area contributed by atoms with Gasteiger partial charge in [-0.3, -0.25) is 4.79 Å². The van der Waals surface area contributed by atoms with Gasteiger partial charge in [-0.25, -0.2) is 0 Å². The van der Waals surface area contributed by atoms with Crippen molar-refractivity contribution in [1.82, 2.24) is 4.90 Å². The first-order chi connectivity index (χ1) is 9.27. The van der Waals surface area contributed by atoms with E-state index < -0.39 is 0 Å². The van der Waals surface area contributed by atoms with E-state index in [1.165, 1.54) is 6.42 Å². The van der Waals surface area contributed by atoms with Crippen LogP contribution in [0.1, 0.15) is 44.9 Å². The number of aliphatic hydroxyl groups excluding tert-OH is 1. The molecule has 3 aliphatic rings. The Hall–Kier alpha value is -0.610. The van der Waals surface area contributed by atoms with E-state index in [1.54, 1.807) is 0 Å². The van der Waals surface area contributed by atoms with Gasteiger partial charge in [-0.05, 0) is 32.1 Å². The Morgan fingerprint density at radius 3 is 2.68 bits per heavy atom. The average Bonchev–Trinajstić information content (AvgIpc) is 3.10. The quantitative estimate of drug-likeness (QED) is 0.826. The van der Waals surface area contributed by atoms with Crippen molar-refractivity contribution < 1.29 is 14.6 Å². The summed E-state index contributed by atoms with van der Waals surface area (Å²) in [4.78, 5) is 14.6. The number of carbonyl (C=O) groups excluding carboxylic acids is 1. The zero-order valence-electron chi connectivity index (χ0n) is 11.6. The molecule has 2 saturated heterocycles. The molecule has 4 heteroatoms. The topological polar surface area (TPSA) is 49.8 Å². The standard InChI is InChI=1S/C15H25NO3/c17-14-6-2-1-4-12(14)13-5-3-8-16(13)15(18)11-7-9-19-10-11/h11-14,17H,1-10H2. The molecule has 1 aliphatic carbocycles. The van der Waals surface area contributed by atoms with Gasteiger partial charge in [-0.1, -0.05) is 12.8 Å². The summed E-state index contributed by atoms with van der Waals surface area (Å²) in [5, 5.41) is 10.2. The van der Waals surface area contributed by atoms with E-state index in [1.807, 2.05) is 0 Å². The second-order valence-corrected chi connectivity index (χ2v) is 6.32. The predicted molar refractivity (Wildman–Crippen MR) is 71.6 cm³/mol. The van der Waals surface area contributed by atoms with Crippen LogP contribution in [0.5, 0.6) is 0 Å². The molecule has 1 amide bonds. The zero-order valence-corrected chi connectivity index (χ0v) is 11.6. The van der Waals surface area contributed by atoms with Crippen LogP contribution in [-0.4, -0.2) is 47.8 Å². The molecule has 0 bridgehead atoms. The summed E-state index contributed by atoms with van der Waals surface area (Å²) in [7, 11) is 0. The zero-order chi connectivity index (χ0) is 13.2. The summed E-state index contributed by atoms with van der Waals surface area (Å²) < 4.78 is 5.34. The van der Waals surface area contributed by atoms with Crippen LogP contribution in [0.15, 0.2) is 0 Å². The van der Waals surface area contributed by atoms with Crippen molar-refractivity contribution >= 4 is 5.91 Å². The van der Waals surface area contributed by atoms with Crippen molar-refractivity contribution in [2.24, 2.45) is 11.8 Å². The lowest BCUT2D eigenvalue weighted by atomic mass is 9.80. The first-order valence-electron chi connectivity index (χ1n) is 7.83. The molecule has 1 saturated carbocycles. The Kier molecular flexibility index (Phi) is 4.08. The van der Waals surface area contributed by atoms with Crippen molar-refractivity contribution in [1.29, 1.82) is 0 Å². The fraction of sp³-hybridized carbons (Fsp3) is 0.933. The lowest BCUT2D eigenvalue weighted by Crippen LogP contribution is -2.47. The molecule has 2 aliphatic heterocycles. The summed E-state index contributed by atoms with van der Waals surface area (Å²) in [5.74, 6) is 0.654. The van der Waals surface area contributed by atoms with Gasteiger partial charge in [0, 0.05) is 25.1 Å². The van der Waals surface area contributed by atoms with Crippen molar-refractivity contribution in [2.45, 2.75) is 57.1 Å². The number of likely N-dealkylation sites (tertiary alicyclic amines) is 1. The third kappa shape index (κ3) is 2.65. The van der Waals surface area contributed by atoms with Crippen molar-refractivity contribution in [2.75, 3.05) is 19.8 Å². The fourth-order valence-electron chi connectivity index (χ4n) is 4.06. The highest BCUT2D eigenvalue weighted by molar-refractivity contribution is 5.79. The van der Waals surface area contributed by atoms with Crippen LogP contribution in [0.4, 0.5) is 0 Å². The molecule has 0 aromatic rings. The number of amides is 1. The minimum Gasteiger partial charge on any atom is -0.393 e. The van der Waals surface area contributed by atoms with Gasteiger partial charge >= 0.3 is 0 Å². The molecule has 0 aromatic heterocycles. The second kappa shape index (κ2) is 5.80. The van der Waals surface area contributed by atoms with Gasteiger partial charge in [0.05, 0.1) is 18.6 Å². The molecule has 2 heterocycles. The highest BCUT2D eigenvalue weighted by Gasteiger charge is 2.41. The van der Waals surface area contributed by atoms with Crippen LogP contribution in [0.2, 0.25) is 0 Å². The third-order valence-electron chi connectivity index (χ3n) is 5.14. The number of hydrogen-bond donors (Lipinski definition) is 1. The smallest absolute Gasteiger partial charge is 0.228 e. The van der Waals surface area contributed by atoms with E-state index in [0.717, 1.165) is 51.7 Å². The van der Waals surface area contributed by atoms with Gasteiger partial charge < -0.3 is 14.7 Å². The van der Waals surface area contributed by atoms with Gasteiger partial charge in [0.2, 0.25) is 5.91 Å². The number of ether oxygens (including phenoxy) is 1. The Labute approximate surface area is 115 Å². The van der Waals surface area contributed by atoms with Gasteiger partial charge in [0.15, 0.2) is 0 Å². The number of rotatable bonds is 2. The van der Waals surface area contributed by atoms with E-state index in [4.69, 9.17) is 4.74 Å². The molecular formula is C15H25NO3. The molecule has 108 valence electrons. The maximum absolute atomic E-state index is 12.6. The van der Waals surface area contributed by atoms with Gasteiger partial charge in [-0.15, -0.1) is 0 Å². The van der Waals surface area contributed by atoms with Crippen LogP contribution in [0, 0.1) is 11.8 Å². The molecule has 4 unspecified atom stereocenters. The highest BCUT2D eigenvalue weighted by atomic mass is 16.5. The number of carbonyl (C=O) groups is 1. The summed E-state index contributed by atoms with van der Waals surface area (Å²) in [6.07, 6.45) is 7.16. The molecule has 0 spiro atoms. The lowest BCUT2D eigenvalue weighted by Gasteiger charge is -2.38. The van der Waals surface area contributed by atoms with Crippen molar-refractivity contribution in [3.05, 3.63) is 0 Å². The summed E-state index contributed by atoms with van der Waals surface area (Å²) in [6, 6.07) is 0.281. The molecule has 19 heavy (non-hydrogen) atoms. The molecule has 3 fully saturated rings. The Bertz CT molecular complexity index is 327. The molecule has 0 aromatic carbocycles.